The van der Waals surface area contributed by atoms with Crippen LogP contribution in [0.25, 0.3) is 0 Å². The van der Waals surface area contributed by atoms with Gasteiger partial charge in [-0.2, -0.15) is 4.31 Å². The van der Waals surface area contributed by atoms with Crippen molar-refractivity contribution in [2.75, 3.05) is 27.2 Å². The van der Waals surface area contributed by atoms with E-state index in [-0.39, 0.29) is 29.8 Å². The molecule has 0 atom stereocenters. The van der Waals surface area contributed by atoms with Crippen LogP contribution in [0.1, 0.15) is 18.4 Å². The first-order valence-electron chi connectivity index (χ1n) is 9.45. The predicted molar refractivity (Wildman–Crippen MR) is 107 cm³/mol. The number of ether oxygens (including phenoxy) is 1. The lowest BCUT2D eigenvalue weighted by Crippen LogP contribution is -2.43. The van der Waals surface area contributed by atoms with E-state index in [1.54, 1.807) is 19.1 Å². The Hall–Kier alpha value is -2.45. The fourth-order valence-electron chi connectivity index (χ4n) is 3.53. The number of halogens is 1. The molecule has 0 aromatic heterocycles. The van der Waals surface area contributed by atoms with Gasteiger partial charge >= 0.3 is 0 Å². The lowest BCUT2D eigenvalue weighted by molar-refractivity contribution is -0.135. The molecule has 1 amide bonds. The Bertz CT molecular complexity index is 955. The molecule has 0 aliphatic carbocycles. The Morgan fingerprint density at radius 3 is 2.45 bits per heavy atom. The molecule has 6 nitrogen and oxygen atoms in total. The first-order chi connectivity index (χ1) is 13.8. The second kappa shape index (κ2) is 8.92. The van der Waals surface area contributed by atoms with Crippen LogP contribution < -0.4 is 4.74 Å². The van der Waals surface area contributed by atoms with Crippen LogP contribution in [0.15, 0.2) is 53.4 Å². The van der Waals surface area contributed by atoms with Crippen LogP contribution in [0.4, 0.5) is 4.39 Å². The van der Waals surface area contributed by atoms with Crippen molar-refractivity contribution < 1.29 is 22.3 Å². The quantitative estimate of drug-likeness (QED) is 0.721. The summed E-state index contributed by atoms with van der Waals surface area (Å²) >= 11 is 0. The second-order valence-electron chi connectivity index (χ2n) is 7.18. The molecular formula is C21H25FN2O4S. The molecule has 1 aliphatic rings. The van der Waals surface area contributed by atoms with E-state index in [4.69, 9.17) is 4.74 Å². The van der Waals surface area contributed by atoms with Crippen LogP contribution in [0.5, 0.6) is 5.75 Å². The zero-order chi connectivity index (χ0) is 21.0. The highest BCUT2D eigenvalue weighted by Crippen LogP contribution is 2.25. The van der Waals surface area contributed by atoms with Crippen molar-refractivity contribution in [3.63, 3.8) is 0 Å². The maximum Gasteiger partial charge on any atom is 0.243 e. The van der Waals surface area contributed by atoms with E-state index >= 15 is 0 Å². The Labute approximate surface area is 170 Å². The summed E-state index contributed by atoms with van der Waals surface area (Å²) in [6, 6.07) is 12.4. The van der Waals surface area contributed by atoms with Crippen LogP contribution in [-0.4, -0.2) is 50.8 Å². The molecule has 0 spiro atoms. The summed E-state index contributed by atoms with van der Waals surface area (Å²) in [4.78, 5) is 14.5. The standard InChI is InChI=1S/C21H25FN2O4S/c1-23(15-16-4-3-5-19(14-16)28-2)21(25)17-10-12-24(13-11-17)29(26,27)20-8-6-18(22)7-9-20/h3-9,14,17H,10-13,15H2,1-2H3. The number of sulfonamides is 1. The van der Waals surface area contributed by atoms with E-state index in [0.29, 0.717) is 19.4 Å². The molecule has 0 saturated carbocycles. The first-order valence-corrected chi connectivity index (χ1v) is 10.9. The van der Waals surface area contributed by atoms with Gasteiger partial charge in [-0.25, -0.2) is 12.8 Å². The van der Waals surface area contributed by atoms with Crippen LogP contribution in [0.2, 0.25) is 0 Å². The monoisotopic (exact) mass is 420 g/mol. The molecule has 0 unspecified atom stereocenters. The smallest absolute Gasteiger partial charge is 0.243 e. The molecule has 0 radical (unpaired) electrons. The number of methoxy groups -OCH3 is 1. The maximum absolute atomic E-state index is 13.1. The van der Waals surface area contributed by atoms with Gasteiger partial charge in [-0.1, -0.05) is 12.1 Å². The van der Waals surface area contributed by atoms with Crippen molar-refractivity contribution in [3.8, 4) is 5.75 Å². The number of nitrogens with zero attached hydrogens (tertiary/aromatic N) is 2. The molecule has 1 saturated heterocycles. The minimum Gasteiger partial charge on any atom is -0.497 e. The second-order valence-corrected chi connectivity index (χ2v) is 9.12. The fraction of sp³-hybridized carbons (Fsp3) is 0.381. The molecule has 1 heterocycles. The number of hydrogen-bond donors (Lipinski definition) is 0. The molecule has 156 valence electrons. The van der Waals surface area contributed by atoms with E-state index in [0.717, 1.165) is 23.4 Å². The molecule has 29 heavy (non-hydrogen) atoms. The van der Waals surface area contributed by atoms with E-state index in [1.807, 2.05) is 24.3 Å². The number of rotatable bonds is 6. The van der Waals surface area contributed by atoms with Crippen molar-refractivity contribution in [1.29, 1.82) is 0 Å². The molecule has 2 aromatic carbocycles. The Balaban J connectivity index is 1.59. The summed E-state index contributed by atoms with van der Waals surface area (Å²) in [5.74, 6) is 0.0481. The van der Waals surface area contributed by atoms with Gasteiger partial charge in [0.05, 0.1) is 12.0 Å². The van der Waals surface area contributed by atoms with Crippen LogP contribution in [-0.2, 0) is 21.4 Å². The first kappa shape index (κ1) is 21.3. The molecule has 3 rings (SSSR count). The lowest BCUT2D eigenvalue weighted by atomic mass is 9.96. The van der Waals surface area contributed by atoms with Crippen molar-refractivity contribution >= 4 is 15.9 Å². The Morgan fingerprint density at radius 1 is 1.17 bits per heavy atom. The predicted octanol–water partition coefficient (Wildman–Crippen LogP) is 2.89. The van der Waals surface area contributed by atoms with Gasteiger partial charge in [-0.15, -0.1) is 0 Å². The minimum atomic E-state index is -3.68. The zero-order valence-corrected chi connectivity index (χ0v) is 17.4. The highest BCUT2D eigenvalue weighted by atomic mass is 32.2. The van der Waals surface area contributed by atoms with Gasteiger partial charge < -0.3 is 9.64 Å². The van der Waals surface area contributed by atoms with Gasteiger partial charge in [0, 0.05) is 32.6 Å². The van der Waals surface area contributed by atoms with Crippen molar-refractivity contribution in [2.45, 2.75) is 24.3 Å². The Kier molecular flexibility index (Phi) is 6.54. The van der Waals surface area contributed by atoms with Gasteiger partial charge in [-0.05, 0) is 54.8 Å². The molecule has 1 fully saturated rings. The maximum atomic E-state index is 13.1. The fourth-order valence-corrected chi connectivity index (χ4v) is 5.00. The summed E-state index contributed by atoms with van der Waals surface area (Å²) in [5, 5.41) is 0. The Morgan fingerprint density at radius 2 is 1.83 bits per heavy atom. The summed E-state index contributed by atoms with van der Waals surface area (Å²) in [6.07, 6.45) is 0.920. The number of piperidine rings is 1. The third kappa shape index (κ3) is 4.94. The van der Waals surface area contributed by atoms with Gasteiger partial charge in [0.25, 0.3) is 0 Å². The highest BCUT2D eigenvalue weighted by Gasteiger charge is 2.33. The molecule has 1 aliphatic heterocycles. The van der Waals surface area contributed by atoms with Gasteiger partial charge in [0.1, 0.15) is 11.6 Å². The lowest BCUT2D eigenvalue weighted by Gasteiger charge is -2.32. The molecule has 0 N–H and O–H groups in total. The number of carbonyl (C=O) groups excluding carboxylic acids is 1. The van der Waals surface area contributed by atoms with Gasteiger partial charge in [0.15, 0.2) is 0 Å². The summed E-state index contributed by atoms with van der Waals surface area (Å²) in [7, 11) is -0.324. The number of carbonyl (C=O) groups is 1. The zero-order valence-electron chi connectivity index (χ0n) is 16.5. The number of amides is 1. The minimum absolute atomic E-state index is 0.00616. The van der Waals surface area contributed by atoms with Gasteiger partial charge in [-0.3, -0.25) is 4.79 Å². The van der Waals surface area contributed by atoms with Crippen LogP contribution in [0, 0.1) is 11.7 Å². The topological polar surface area (TPSA) is 66.9 Å². The van der Waals surface area contributed by atoms with Crippen molar-refractivity contribution in [3.05, 3.63) is 59.9 Å². The summed E-state index contributed by atoms with van der Waals surface area (Å²) in [6.45, 7) is 0.996. The van der Waals surface area contributed by atoms with E-state index < -0.39 is 15.8 Å². The summed E-state index contributed by atoms with van der Waals surface area (Å²) < 4.78 is 45.1. The molecule has 2 aromatic rings. The van der Waals surface area contributed by atoms with Crippen LogP contribution in [0.3, 0.4) is 0 Å². The summed E-state index contributed by atoms with van der Waals surface area (Å²) in [5.41, 5.74) is 0.969. The highest BCUT2D eigenvalue weighted by molar-refractivity contribution is 7.89. The van der Waals surface area contributed by atoms with E-state index in [1.165, 1.54) is 16.4 Å². The van der Waals surface area contributed by atoms with Crippen LogP contribution >= 0.6 is 0 Å². The molecule has 0 bridgehead atoms. The van der Waals surface area contributed by atoms with Crippen molar-refractivity contribution in [2.24, 2.45) is 5.92 Å². The van der Waals surface area contributed by atoms with E-state index in [2.05, 4.69) is 0 Å². The third-order valence-corrected chi connectivity index (χ3v) is 7.10. The molecule has 8 heteroatoms. The van der Waals surface area contributed by atoms with E-state index in [9.17, 15) is 17.6 Å². The van der Waals surface area contributed by atoms with Gasteiger partial charge in [0.2, 0.25) is 15.9 Å². The number of hydrogen-bond acceptors (Lipinski definition) is 4. The molecular weight excluding hydrogens is 395 g/mol. The average Bonchev–Trinajstić information content (AvgIpc) is 2.73. The normalized spacial score (nSPS) is 15.8. The average molecular weight is 421 g/mol. The number of benzene rings is 2. The third-order valence-electron chi connectivity index (χ3n) is 5.18. The largest absolute Gasteiger partial charge is 0.497 e. The van der Waals surface area contributed by atoms with Crippen molar-refractivity contribution in [1.82, 2.24) is 9.21 Å². The SMILES string of the molecule is COc1cccc(CN(C)C(=O)C2CCN(S(=O)(=O)c3ccc(F)cc3)CC2)c1.